The molecule has 0 radical (unpaired) electrons. The number of rotatable bonds is 11. The second kappa shape index (κ2) is 10.7. The van der Waals surface area contributed by atoms with Crippen LogP contribution in [0.15, 0.2) is 24.3 Å². The Labute approximate surface area is 113 Å². The minimum atomic E-state index is -0.242. The lowest BCUT2D eigenvalue weighted by Crippen LogP contribution is -2.12. The average molecular weight is 271 g/mol. The zero-order valence-electron chi connectivity index (χ0n) is 11.4. The third kappa shape index (κ3) is 7.77. The Bertz CT molecular complexity index is 336. The molecule has 1 aromatic carbocycles. The molecule has 0 atom stereocenters. The fourth-order valence-corrected chi connectivity index (χ4v) is 1.47. The van der Waals surface area contributed by atoms with Gasteiger partial charge in [-0.3, -0.25) is 0 Å². The molecule has 0 unspecified atom stereocenters. The van der Waals surface area contributed by atoms with Gasteiger partial charge in [-0.25, -0.2) is 4.39 Å². The van der Waals surface area contributed by atoms with Crippen molar-refractivity contribution in [3.8, 4) is 0 Å². The Kier molecular flexibility index (Phi) is 8.97. The average Bonchev–Trinajstić information content (AvgIpc) is 2.43. The van der Waals surface area contributed by atoms with E-state index in [0.29, 0.717) is 45.3 Å². The van der Waals surface area contributed by atoms with E-state index in [1.807, 2.05) is 0 Å². The maximum absolute atomic E-state index is 13.2. The molecule has 0 aliphatic heterocycles. The number of para-hydroxylation sites is 1. The Morgan fingerprint density at radius 2 is 1.74 bits per heavy atom. The standard InChI is InChI=1S/C14H22FNO3/c1-17-11-12-19-9-4-8-18-10-7-16-14-6-3-2-5-13(14)15/h2-3,5-6,16H,4,7-12H2,1H3. The first-order chi connectivity index (χ1) is 9.34. The predicted octanol–water partition coefficient (Wildman–Crippen LogP) is 2.31. The number of hydrogen-bond acceptors (Lipinski definition) is 4. The first-order valence-electron chi connectivity index (χ1n) is 6.47. The summed E-state index contributed by atoms with van der Waals surface area (Å²) in [5.74, 6) is -0.242. The van der Waals surface area contributed by atoms with Crippen LogP contribution in [-0.2, 0) is 14.2 Å². The number of methoxy groups -OCH3 is 1. The molecule has 0 saturated carbocycles. The molecular formula is C14H22FNO3. The molecule has 5 heteroatoms. The molecule has 19 heavy (non-hydrogen) atoms. The SMILES string of the molecule is COCCOCCCOCCNc1ccccc1F. The van der Waals surface area contributed by atoms with Gasteiger partial charge in [0, 0.05) is 26.9 Å². The topological polar surface area (TPSA) is 39.7 Å². The van der Waals surface area contributed by atoms with Crippen LogP contribution in [0.5, 0.6) is 0 Å². The van der Waals surface area contributed by atoms with Gasteiger partial charge in [-0.15, -0.1) is 0 Å². The molecular weight excluding hydrogens is 249 g/mol. The first kappa shape index (κ1) is 15.9. The number of hydrogen-bond donors (Lipinski definition) is 1. The van der Waals surface area contributed by atoms with Crippen molar-refractivity contribution in [3.63, 3.8) is 0 Å². The van der Waals surface area contributed by atoms with E-state index in [9.17, 15) is 4.39 Å². The van der Waals surface area contributed by atoms with Crippen molar-refractivity contribution in [1.82, 2.24) is 0 Å². The highest BCUT2D eigenvalue weighted by atomic mass is 19.1. The van der Waals surface area contributed by atoms with Crippen LogP contribution in [0.4, 0.5) is 10.1 Å². The highest BCUT2D eigenvalue weighted by molar-refractivity contribution is 5.44. The van der Waals surface area contributed by atoms with Gasteiger partial charge in [0.1, 0.15) is 5.82 Å². The van der Waals surface area contributed by atoms with Gasteiger partial charge in [-0.05, 0) is 18.6 Å². The molecule has 0 aromatic heterocycles. The Morgan fingerprint density at radius 3 is 2.47 bits per heavy atom. The van der Waals surface area contributed by atoms with Crippen molar-refractivity contribution in [1.29, 1.82) is 0 Å². The maximum atomic E-state index is 13.2. The second-order valence-corrected chi connectivity index (χ2v) is 3.98. The van der Waals surface area contributed by atoms with Crippen LogP contribution in [0.3, 0.4) is 0 Å². The van der Waals surface area contributed by atoms with E-state index >= 15 is 0 Å². The van der Waals surface area contributed by atoms with Crippen molar-refractivity contribution >= 4 is 5.69 Å². The minimum Gasteiger partial charge on any atom is -0.382 e. The summed E-state index contributed by atoms with van der Waals surface area (Å²) >= 11 is 0. The van der Waals surface area contributed by atoms with Gasteiger partial charge < -0.3 is 19.5 Å². The molecule has 0 amide bonds. The highest BCUT2D eigenvalue weighted by Crippen LogP contribution is 2.11. The molecule has 4 nitrogen and oxygen atoms in total. The van der Waals surface area contributed by atoms with Crippen LogP contribution < -0.4 is 5.32 Å². The molecule has 0 saturated heterocycles. The van der Waals surface area contributed by atoms with Gasteiger partial charge in [0.2, 0.25) is 0 Å². The Balaban J connectivity index is 1.90. The summed E-state index contributed by atoms with van der Waals surface area (Å²) in [7, 11) is 1.65. The van der Waals surface area contributed by atoms with E-state index in [1.54, 1.807) is 25.3 Å². The summed E-state index contributed by atoms with van der Waals surface area (Å²) in [5, 5.41) is 2.98. The lowest BCUT2D eigenvalue weighted by atomic mass is 10.3. The van der Waals surface area contributed by atoms with Crippen LogP contribution >= 0.6 is 0 Å². The van der Waals surface area contributed by atoms with Crippen LogP contribution in [0, 0.1) is 5.82 Å². The van der Waals surface area contributed by atoms with Gasteiger partial charge in [-0.1, -0.05) is 12.1 Å². The molecule has 1 rings (SSSR count). The smallest absolute Gasteiger partial charge is 0.146 e. The molecule has 0 heterocycles. The van der Waals surface area contributed by atoms with E-state index in [1.165, 1.54) is 6.07 Å². The zero-order chi connectivity index (χ0) is 13.8. The molecule has 0 bridgehead atoms. The first-order valence-corrected chi connectivity index (χ1v) is 6.47. The monoisotopic (exact) mass is 271 g/mol. The highest BCUT2D eigenvalue weighted by Gasteiger charge is 1.98. The summed E-state index contributed by atoms with van der Waals surface area (Å²) < 4.78 is 28.8. The van der Waals surface area contributed by atoms with Crippen LogP contribution in [0.1, 0.15) is 6.42 Å². The van der Waals surface area contributed by atoms with Crippen molar-refractivity contribution in [3.05, 3.63) is 30.1 Å². The summed E-state index contributed by atoms with van der Waals surface area (Å²) in [5.41, 5.74) is 0.508. The third-order valence-electron chi connectivity index (χ3n) is 2.44. The maximum Gasteiger partial charge on any atom is 0.146 e. The summed E-state index contributed by atoms with van der Waals surface area (Å²) in [6.07, 6.45) is 0.851. The minimum absolute atomic E-state index is 0.242. The molecule has 0 aliphatic rings. The molecule has 1 aromatic rings. The van der Waals surface area contributed by atoms with Crippen molar-refractivity contribution in [2.45, 2.75) is 6.42 Å². The second-order valence-electron chi connectivity index (χ2n) is 3.98. The van der Waals surface area contributed by atoms with Crippen molar-refractivity contribution < 1.29 is 18.6 Å². The zero-order valence-corrected chi connectivity index (χ0v) is 11.4. The fraction of sp³-hybridized carbons (Fsp3) is 0.571. The quantitative estimate of drug-likeness (QED) is 0.627. The molecule has 0 aliphatic carbocycles. The van der Waals surface area contributed by atoms with Crippen LogP contribution in [0.25, 0.3) is 0 Å². The third-order valence-corrected chi connectivity index (χ3v) is 2.44. The number of ether oxygens (including phenoxy) is 3. The van der Waals surface area contributed by atoms with Crippen LogP contribution in [0.2, 0.25) is 0 Å². The van der Waals surface area contributed by atoms with Gasteiger partial charge >= 0.3 is 0 Å². The molecule has 1 N–H and O–H groups in total. The Hall–Kier alpha value is -1.17. The fourth-order valence-electron chi connectivity index (χ4n) is 1.47. The van der Waals surface area contributed by atoms with Gasteiger partial charge in [0.15, 0.2) is 0 Å². The summed E-state index contributed by atoms with van der Waals surface area (Å²) in [6.45, 7) is 3.69. The summed E-state index contributed by atoms with van der Waals surface area (Å²) in [4.78, 5) is 0. The number of anilines is 1. The number of nitrogens with one attached hydrogen (secondary N) is 1. The number of halogens is 1. The number of benzene rings is 1. The Morgan fingerprint density at radius 1 is 1.00 bits per heavy atom. The molecule has 108 valence electrons. The van der Waals surface area contributed by atoms with Crippen LogP contribution in [-0.4, -0.2) is 46.7 Å². The van der Waals surface area contributed by atoms with E-state index in [2.05, 4.69) is 5.32 Å². The molecule has 0 fully saturated rings. The van der Waals surface area contributed by atoms with Gasteiger partial charge in [0.25, 0.3) is 0 Å². The van der Waals surface area contributed by atoms with E-state index in [-0.39, 0.29) is 5.82 Å². The lowest BCUT2D eigenvalue weighted by molar-refractivity contribution is 0.0529. The van der Waals surface area contributed by atoms with E-state index in [4.69, 9.17) is 14.2 Å². The lowest BCUT2D eigenvalue weighted by Gasteiger charge is -2.08. The predicted molar refractivity (Wildman–Crippen MR) is 73.0 cm³/mol. The summed E-state index contributed by atoms with van der Waals surface area (Å²) in [6, 6.07) is 6.60. The normalized spacial score (nSPS) is 10.6. The largest absolute Gasteiger partial charge is 0.382 e. The van der Waals surface area contributed by atoms with E-state index in [0.717, 1.165) is 6.42 Å². The van der Waals surface area contributed by atoms with Gasteiger partial charge in [0.05, 0.1) is 25.5 Å². The van der Waals surface area contributed by atoms with Crippen molar-refractivity contribution in [2.75, 3.05) is 52.0 Å². The van der Waals surface area contributed by atoms with E-state index < -0.39 is 0 Å². The molecule has 0 spiro atoms. The van der Waals surface area contributed by atoms with Crippen molar-refractivity contribution in [2.24, 2.45) is 0 Å². The van der Waals surface area contributed by atoms with Gasteiger partial charge in [-0.2, -0.15) is 0 Å².